The summed E-state index contributed by atoms with van der Waals surface area (Å²) in [5.74, 6) is -0.496. The molecule has 7 heteroatoms. The lowest BCUT2D eigenvalue weighted by molar-refractivity contribution is 0.0742. The number of nitriles is 1. The van der Waals surface area contributed by atoms with Gasteiger partial charge in [-0.3, -0.25) is 4.79 Å². The van der Waals surface area contributed by atoms with Gasteiger partial charge in [-0.25, -0.2) is 9.07 Å². The van der Waals surface area contributed by atoms with E-state index in [-0.39, 0.29) is 16.9 Å². The van der Waals surface area contributed by atoms with Gasteiger partial charge in [-0.05, 0) is 48.7 Å². The van der Waals surface area contributed by atoms with E-state index < -0.39 is 0 Å². The van der Waals surface area contributed by atoms with Crippen LogP contribution in [0.1, 0.15) is 46.1 Å². The van der Waals surface area contributed by atoms with Crippen LogP contribution in [-0.4, -0.2) is 27.1 Å². The quantitative estimate of drug-likeness (QED) is 0.538. The SMILES string of the molecule is CCCN(Cc1ccc(C#N)cc1)C(=O)c1c(C)nn(Cc2ccc(F)cc2)c1Cl. The highest BCUT2D eigenvalue weighted by atomic mass is 35.5. The fourth-order valence-corrected chi connectivity index (χ4v) is 3.56. The molecule has 0 aliphatic rings. The number of aromatic nitrogens is 2. The first-order valence-electron chi connectivity index (χ1n) is 9.68. The molecule has 2 aromatic carbocycles. The molecule has 0 N–H and O–H groups in total. The zero-order chi connectivity index (χ0) is 21.7. The molecule has 0 radical (unpaired) electrons. The monoisotopic (exact) mass is 424 g/mol. The molecule has 0 fully saturated rings. The van der Waals surface area contributed by atoms with Crippen LogP contribution in [-0.2, 0) is 13.1 Å². The van der Waals surface area contributed by atoms with Gasteiger partial charge in [-0.2, -0.15) is 10.4 Å². The Kier molecular flexibility index (Phi) is 6.86. The minimum atomic E-state index is -0.310. The normalized spacial score (nSPS) is 10.6. The maximum Gasteiger partial charge on any atom is 0.259 e. The average molecular weight is 425 g/mol. The first-order chi connectivity index (χ1) is 14.4. The number of benzene rings is 2. The lowest BCUT2D eigenvalue weighted by Crippen LogP contribution is -2.31. The van der Waals surface area contributed by atoms with Crippen molar-refractivity contribution in [2.75, 3.05) is 6.54 Å². The molecule has 0 unspecified atom stereocenters. The topological polar surface area (TPSA) is 61.9 Å². The van der Waals surface area contributed by atoms with Crippen LogP contribution in [0, 0.1) is 24.1 Å². The van der Waals surface area contributed by atoms with Gasteiger partial charge in [0.05, 0.1) is 29.4 Å². The predicted molar refractivity (Wildman–Crippen MR) is 114 cm³/mol. The summed E-state index contributed by atoms with van der Waals surface area (Å²) in [6, 6.07) is 15.4. The molecule has 0 atom stereocenters. The van der Waals surface area contributed by atoms with Gasteiger partial charge in [-0.1, -0.05) is 42.8 Å². The Morgan fingerprint density at radius 3 is 2.40 bits per heavy atom. The zero-order valence-corrected chi connectivity index (χ0v) is 17.7. The van der Waals surface area contributed by atoms with E-state index >= 15 is 0 Å². The number of carbonyl (C=O) groups excluding carboxylic acids is 1. The van der Waals surface area contributed by atoms with Crippen molar-refractivity contribution in [1.82, 2.24) is 14.7 Å². The number of nitrogens with zero attached hydrogens (tertiary/aromatic N) is 4. The summed E-state index contributed by atoms with van der Waals surface area (Å²) < 4.78 is 14.7. The maximum atomic E-state index is 13.3. The summed E-state index contributed by atoms with van der Waals surface area (Å²) in [7, 11) is 0. The molecule has 30 heavy (non-hydrogen) atoms. The second kappa shape index (κ2) is 9.55. The van der Waals surface area contributed by atoms with E-state index in [2.05, 4.69) is 11.2 Å². The third-order valence-electron chi connectivity index (χ3n) is 4.76. The standard InChI is InChI=1S/C23H22ClFN4O/c1-3-12-28(14-18-6-4-17(13-26)5-7-18)23(30)21-16(2)27-29(22(21)24)15-19-8-10-20(25)11-9-19/h4-11H,3,12,14-15H2,1-2H3. The molecule has 0 saturated heterocycles. The Labute approximate surface area is 180 Å². The number of halogens is 2. The van der Waals surface area contributed by atoms with Crippen molar-refractivity contribution in [3.8, 4) is 6.07 Å². The number of hydrogen-bond acceptors (Lipinski definition) is 3. The van der Waals surface area contributed by atoms with Gasteiger partial charge in [0.25, 0.3) is 5.91 Å². The number of carbonyl (C=O) groups is 1. The number of hydrogen-bond donors (Lipinski definition) is 0. The average Bonchev–Trinajstić information content (AvgIpc) is 3.02. The van der Waals surface area contributed by atoms with E-state index in [4.69, 9.17) is 16.9 Å². The van der Waals surface area contributed by atoms with Crippen LogP contribution in [0.4, 0.5) is 4.39 Å². The van der Waals surface area contributed by atoms with Gasteiger partial charge >= 0.3 is 0 Å². The van der Waals surface area contributed by atoms with Crippen LogP contribution in [0.5, 0.6) is 0 Å². The van der Waals surface area contributed by atoms with E-state index in [1.807, 2.05) is 19.1 Å². The van der Waals surface area contributed by atoms with Crippen LogP contribution in [0.25, 0.3) is 0 Å². The third-order valence-corrected chi connectivity index (χ3v) is 5.15. The summed E-state index contributed by atoms with van der Waals surface area (Å²) >= 11 is 6.54. The Balaban J connectivity index is 1.84. The molecule has 0 aliphatic heterocycles. The van der Waals surface area contributed by atoms with E-state index in [1.165, 1.54) is 12.1 Å². The summed E-state index contributed by atoms with van der Waals surface area (Å²) in [4.78, 5) is 15.0. The zero-order valence-electron chi connectivity index (χ0n) is 16.9. The van der Waals surface area contributed by atoms with E-state index in [0.717, 1.165) is 17.5 Å². The highest BCUT2D eigenvalue weighted by Gasteiger charge is 2.25. The minimum absolute atomic E-state index is 0.186. The third kappa shape index (κ3) is 4.87. The highest BCUT2D eigenvalue weighted by Crippen LogP contribution is 2.24. The van der Waals surface area contributed by atoms with Crippen molar-refractivity contribution in [2.45, 2.75) is 33.4 Å². The molecule has 1 heterocycles. The Morgan fingerprint density at radius 1 is 1.17 bits per heavy atom. The Hall–Kier alpha value is -3.17. The molecular formula is C23H22ClFN4O. The van der Waals surface area contributed by atoms with Gasteiger partial charge < -0.3 is 4.90 Å². The molecular weight excluding hydrogens is 403 g/mol. The van der Waals surface area contributed by atoms with Gasteiger partial charge in [-0.15, -0.1) is 0 Å². The van der Waals surface area contributed by atoms with Gasteiger partial charge in [0, 0.05) is 13.1 Å². The van der Waals surface area contributed by atoms with Crippen LogP contribution >= 0.6 is 11.6 Å². The number of aryl methyl sites for hydroxylation is 1. The second-order valence-corrected chi connectivity index (χ2v) is 7.43. The van der Waals surface area contributed by atoms with Crippen LogP contribution in [0.15, 0.2) is 48.5 Å². The Bertz CT molecular complexity index is 1070. The first kappa shape index (κ1) is 21.5. The van der Waals surface area contributed by atoms with E-state index in [1.54, 1.807) is 40.8 Å². The molecule has 5 nitrogen and oxygen atoms in total. The van der Waals surface area contributed by atoms with Crippen LogP contribution in [0.3, 0.4) is 0 Å². The predicted octanol–water partition coefficient (Wildman–Crippen LogP) is 4.96. The largest absolute Gasteiger partial charge is 0.334 e. The van der Waals surface area contributed by atoms with Crippen molar-refractivity contribution in [1.29, 1.82) is 5.26 Å². The minimum Gasteiger partial charge on any atom is -0.334 e. The van der Waals surface area contributed by atoms with Gasteiger partial charge in [0.2, 0.25) is 0 Å². The van der Waals surface area contributed by atoms with Gasteiger partial charge in [0.15, 0.2) is 0 Å². The summed E-state index contributed by atoms with van der Waals surface area (Å²) in [6.07, 6.45) is 0.794. The lowest BCUT2D eigenvalue weighted by atomic mass is 10.1. The molecule has 1 amide bonds. The molecule has 1 aromatic heterocycles. The molecule has 0 bridgehead atoms. The molecule has 3 aromatic rings. The summed E-state index contributed by atoms with van der Waals surface area (Å²) in [5, 5.41) is 13.7. The highest BCUT2D eigenvalue weighted by molar-refractivity contribution is 6.33. The number of amides is 1. The molecule has 0 saturated carbocycles. The van der Waals surface area contributed by atoms with Crippen LogP contribution < -0.4 is 0 Å². The second-order valence-electron chi connectivity index (χ2n) is 7.07. The smallest absolute Gasteiger partial charge is 0.259 e. The fraction of sp³-hybridized carbons (Fsp3) is 0.261. The number of rotatable bonds is 7. The van der Waals surface area contributed by atoms with Crippen molar-refractivity contribution in [3.05, 3.63) is 87.4 Å². The lowest BCUT2D eigenvalue weighted by Gasteiger charge is -2.22. The molecule has 154 valence electrons. The Morgan fingerprint density at radius 2 is 1.80 bits per heavy atom. The van der Waals surface area contributed by atoms with E-state index in [9.17, 15) is 9.18 Å². The maximum absolute atomic E-state index is 13.3. The van der Waals surface area contributed by atoms with E-state index in [0.29, 0.717) is 36.5 Å². The van der Waals surface area contributed by atoms with Crippen molar-refractivity contribution in [3.63, 3.8) is 0 Å². The first-order valence-corrected chi connectivity index (χ1v) is 10.1. The summed E-state index contributed by atoms with van der Waals surface area (Å²) in [5.41, 5.74) is 3.27. The fourth-order valence-electron chi connectivity index (χ4n) is 3.25. The molecule has 3 rings (SSSR count). The van der Waals surface area contributed by atoms with Gasteiger partial charge in [0.1, 0.15) is 11.0 Å². The summed E-state index contributed by atoms with van der Waals surface area (Å²) in [6.45, 7) is 5.09. The van der Waals surface area contributed by atoms with Crippen LogP contribution in [0.2, 0.25) is 5.15 Å². The van der Waals surface area contributed by atoms with Crippen molar-refractivity contribution in [2.24, 2.45) is 0 Å². The molecule has 0 aliphatic carbocycles. The molecule has 0 spiro atoms. The van der Waals surface area contributed by atoms with Crippen molar-refractivity contribution >= 4 is 17.5 Å². The van der Waals surface area contributed by atoms with Crippen molar-refractivity contribution < 1.29 is 9.18 Å².